The Labute approximate surface area is 218 Å². The van der Waals surface area contributed by atoms with E-state index < -0.39 is 19.0 Å². The third-order valence-corrected chi connectivity index (χ3v) is 8.05. The molecule has 0 aliphatic carbocycles. The first kappa shape index (κ1) is 28.7. The molecule has 2 heterocycles. The van der Waals surface area contributed by atoms with Gasteiger partial charge >= 0.3 is 5.97 Å². The van der Waals surface area contributed by atoms with E-state index in [1.807, 2.05) is 56.5 Å². The number of hydrogen-bond donors (Lipinski definition) is 3. The van der Waals surface area contributed by atoms with Gasteiger partial charge in [0.2, 0.25) is 7.44 Å². The zero-order valence-electron chi connectivity index (χ0n) is 22.4. The Morgan fingerprint density at radius 2 is 1.89 bits per heavy atom. The zero-order valence-corrected chi connectivity index (χ0v) is 23.3. The normalized spacial score (nSPS) is 15.3. The number of nitrogens with two attached hydrogens (primary N) is 1. The number of hydrogen-bond acceptors (Lipinski definition) is 8. The van der Waals surface area contributed by atoms with Gasteiger partial charge in [-0.15, -0.1) is 0 Å². The number of carbonyl (C=O) groups is 1. The lowest BCUT2D eigenvalue weighted by Crippen LogP contribution is -2.49. The molecule has 0 aliphatic rings. The highest BCUT2D eigenvalue weighted by molar-refractivity contribution is 7.59. The fourth-order valence-corrected chi connectivity index (χ4v) is 6.25. The predicted molar refractivity (Wildman–Crippen MR) is 144 cm³/mol. The van der Waals surface area contributed by atoms with E-state index >= 15 is 0 Å². The summed E-state index contributed by atoms with van der Waals surface area (Å²) < 4.78 is 27.4. The van der Waals surface area contributed by atoms with E-state index in [1.165, 1.54) is 6.33 Å². The monoisotopic (exact) mass is 531 g/mol. The van der Waals surface area contributed by atoms with Crippen molar-refractivity contribution < 1.29 is 18.8 Å². The summed E-state index contributed by atoms with van der Waals surface area (Å²) in [7, 11) is -3.45. The number of benzene rings is 1. The number of nitrogens with zero attached hydrogens (tertiary/aromatic N) is 4. The summed E-state index contributed by atoms with van der Waals surface area (Å²) in [5, 5.41) is 6.23. The van der Waals surface area contributed by atoms with E-state index in [1.54, 1.807) is 20.2 Å². The van der Waals surface area contributed by atoms with Gasteiger partial charge in [-0.2, -0.15) is 0 Å². The van der Waals surface area contributed by atoms with Crippen LogP contribution in [0.5, 0.6) is 0 Å². The number of fused-ring (bicyclic) bond motifs is 1. The summed E-state index contributed by atoms with van der Waals surface area (Å²) in [6.45, 7) is 11.7. The highest BCUT2D eigenvalue weighted by Crippen LogP contribution is 2.42. The molecule has 4 N–H and O–H groups in total. The third-order valence-electron chi connectivity index (χ3n) is 5.81. The van der Waals surface area contributed by atoms with Crippen LogP contribution >= 0.6 is 7.44 Å². The van der Waals surface area contributed by atoms with E-state index in [4.69, 9.17) is 15.2 Å². The van der Waals surface area contributed by atoms with Gasteiger partial charge in [0.05, 0.1) is 25.6 Å². The number of rotatable bonds is 13. The van der Waals surface area contributed by atoms with Gasteiger partial charge in [-0.25, -0.2) is 25.1 Å². The van der Waals surface area contributed by atoms with Crippen molar-refractivity contribution >= 4 is 30.4 Å². The van der Waals surface area contributed by atoms with Gasteiger partial charge in [0.1, 0.15) is 23.7 Å². The van der Waals surface area contributed by atoms with Gasteiger partial charge in [0, 0.05) is 6.04 Å². The summed E-state index contributed by atoms with van der Waals surface area (Å²) in [5.41, 5.74) is 7.89. The second kappa shape index (κ2) is 12.1. The average Bonchev–Trinajstić information content (AvgIpc) is 3.25. The highest BCUT2D eigenvalue weighted by Gasteiger charge is 2.38. The second-order valence-electron chi connectivity index (χ2n) is 9.81. The topological polar surface area (TPSA) is 146 Å². The quantitative estimate of drug-likeness (QED) is 0.219. The lowest BCUT2D eigenvalue weighted by atomic mass is 10.1. The Bertz CT molecular complexity index is 1250. The Hall–Kier alpha value is -2.85. The maximum atomic E-state index is 14.2. The molecule has 0 bridgehead atoms. The van der Waals surface area contributed by atoms with Crippen molar-refractivity contribution in [2.45, 2.75) is 72.2 Å². The average molecular weight is 532 g/mol. The van der Waals surface area contributed by atoms with Gasteiger partial charge in [-0.1, -0.05) is 36.8 Å². The molecule has 0 amide bonds. The maximum Gasteiger partial charge on any atom is 0.326 e. The Balaban J connectivity index is 1.76. The van der Waals surface area contributed by atoms with Crippen molar-refractivity contribution in [2.24, 2.45) is 0 Å². The Morgan fingerprint density at radius 1 is 1.19 bits per heavy atom. The molecule has 2 aromatic heterocycles. The van der Waals surface area contributed by atoms with Crippen LogP contribution in [0.1, 0.15) is 58.2 Å². The molecule has 0 saturated carbocycles. The fourth-order valence-electron chi connectivity index (χ4n) is 3.81. The number of nitrogens with one attached hydrogen (secondary N) is 2. The second-order valence-corrected chi connectivity index (χ2v) is 12.0. The minimum Gasteiger partial charge on any atom is -0.464 e. The summed E-state index contributed by atoms with van der Waals surface area (Å²) in [5.74, 6) is -0.174. The largest absolute Gasteiger partial charge is 0.464 e. The number of carbonyl (C=O) groups excluding carboxylic acids is 1. The first-order valence-corrected chi connectivity index (χ1v) is 14.3. The van der Waals surface area contributed by atoms with Crippen LogP contribution in [0.25, 0.3) is 11.2 Å². The molecule has 3 rings (SSSR count). The first-order chi connectivity index (χ1) is 17.4. The molecular weight excluding hydrogens is 493 g/mol. The van der Waals surface area contributed by atoms with Crippen LogP contribution < -0.4 is 15.9 Å². The summed E-state index contributed by atoms with van der Waals surface area (Å²) in [4.78, 5) is 25.2. The molecule has 0 saturated heterocycles. The highest BCUT2D eigenvalue weighted by atomic mass is 31.2. The summed E-state index contributed by atoms with van der Waals surface area (Å²) >= 11 is 0. The van der Waals surface area contributed by atoms with Crippen LogP contribution in [0.2, 0.25) is 0 Å². The van der Waals surface area contributed by atoms with Crippen molar-refractivity contribution in [3.63, 3.8) is 0 Å². The van der Waals surface area contributed by atoms with Crippen LogP contribution in [0, 0.1) is 6.92 Å². The smallest absolute Gasteiger partial charge is 0.326 e. The lowest BCUT2D eigenvalue weighted by molar-refractivity contribution is -0.149. The van der Waals surface area contributed by atoms with E-state index in [2.05, 4.69) is 25.1 Å². The molecule has 3 atom stereocenters. The van der Waals surface area contributed by atoms with Crippen LogP contribution in [-0.4, -0.2) is 50.1 Å². The third kappa shape index (κ3) is 7.58. The van der Waals surface area contributed by atoms with Crippen molar-refractivity contribution in [1.82, 2.24) is 29.7 Å². The van der Waals surface area contributed by atoms with Crippen molar-refractivity contribution in [3.8, 4) is 0 Å². The summed E-state index contributed by atoms with van der Waals surface area (Å²) in [6, 6.07) is 7.71. The number of aryl methyl sites for hydroxylation is 1. The van der Waals surface area contributed by atoms with E-state index in [0.717, 1.165) is 11.1 Å². The number of esters is 1. The molecular formula is C25H38N7O4P. The molecule has 0 radical (unpaired) electrons. The van der Waals surface area contributed by atoms with Gasteiger partial charge in [0.25, 0.3) is 0 Å². The fraction of sp³-hybridized carbons (Fsp3) is 0.520. The number of nitrogen functional groups attached to an aromatic ring is 1. The molecule has 3 aromatic rings. The predicted octanol–water partition coefficient (Wildman–Crippen LogP) is 3.94. The van der Waals surface area contributed by atoms with Crippen LogP contribution in [0.15, 0.2) is 36.9 Å². The number of anilines is 1. The zero-order chi connectivity index (χ0) is 27.2. The molecule has 37 heavy (non-hydrogen) atoms. The number of ether oxygens (including phenoxy) is 2. The van der Waals surface area contributed by atoms with Gasteiger partial charge in [-0.05, 0) is 46.6 Å². The maximum absolute atomic E-state index is 14.2. The first-order valence-electron chi connectivity index (χ1n) is 12.4. The van der Waals surface area contributed by atoms with Gasteiger partial charge in [-0.3, -0.25) is 9.36 Å². The number of aromatic nitrogens is 4. The van der Waals surface area contributed by atoms with Crippen molar-refractivity contribution in [3.05, 3.63) is 48.0 Å². The molecule has 1 aromatic carbocycles. The molecule has 2 unspecified atom stereocenters. The standard InChI is InChI=1S/C25H38N7O4P/c1-7-12-35-24(33)25(5,6)31-37(34,30-19(4)20-10-8-17(2)9-11-20)16-36-18(3)13-32-15-29-21-22(26)27-14-28-23(21)32/h8-11,14-15,18-19H,7,12-13,16H2,1-6H3,(H2,26,27,28)(H2,30,31,34)/t18?,19-,37?/m1/s1. The van der Waals surface area contributed by atoms with E-state index in [-0.39, 0.29) is 18.5 Å². The van der Waals surface area contributed by atoms with E-state index in [9.17, 15) is 9.36 Å². The van der Waals surface area contributed by atoms with Crippen LogP contribution in [-0.2, 0) is 25.4 Å². The summed E-state index contributed by atoms with van der Waals surface area (Å²) in [6.07, 6.45) is 3.20. The SMILES string of the molecule is CCCOC(=O)C(C)(C)NP(=O)(COC(C)Cn1cnc2c(N)ncnc21)N[C@H](C)c1ccc(C)cc1. The minimum atomic E-state index is -3.45. The molecule has 0 spiro atoms. The molecule has 11 nitrogen and oxygen atoms in total. The Morgan fingerprint density at radius 3 is 2.57 bits per heavy atom. The van der Waals surface area contributed by atoms with Crippen LogP contribution in [0.3, 0.4) is 0 Å². The molecule has 202 valence electrons. The molecule has 0 fully saturated rings. The molecule has 0 aliphatic heterocycles. The van der Waals surface area contributed by atoms with E-state index in [0.29, 0.717) is 36.6 Å². The van der Waals surface area contributed by atoms with Crippen molar-refractivity contribution in [1.29, 1.82) is 0 Å². The Kier molecular flexibility index (Phi) is 9.41. The number of imidazole rings is 1. The molecule has 12 heteroatoms. The van der Waals surface area contributed by atoms with Gasteiger partial charge < -0.3 is 19.8 Å². The van der Waals surface area contributed by atoms with Crippen LogP contribution in [0.4, 0.5) is 5.82 Å². The van der Waals surface area contributed by atoms with Crippen molar-refractivity contribution in [2.75, 3.05) is 18.7 Å². The minimum absolute atomic E-state index is 0.154. The lowest BCUT2D eigenvalue weighted by Gasteiger charge is -2.33. The van der Waals surface area contributed by atoms with Gasteiger partial charge in [0.15, 0.2) is 11.5 Å².